The van der Waals surface area contributed by atoms with Crippen molar-refractivity contribution >= 4 is 10.8 Å². The minimum absolute atomic E-state index is 0.908. The maximum absolute atomic E-state index is 4.33. The first-order valence-electron chi connectivity index (χ1n) is 5.89. The SMILES string of the molecule is CCn1cc(-c2cccc3ccccc23)cn1. The topological polar surface area (TPSA) is 17.8 Å². The summed E-state index contributed by atoms with van der Waals surface area (Å²) >= 11 is 0. The van der Waals surface area contributed by atoms with Crippen molar-refractivity contribution in [2.45, 2.75) is 13.5 Å². The second-order valence-electron chi connectivity index (χ2n) is 4.11. The van der Waals surface area contributed by atoms with E-state index in [-0.39, 0.29) is 0 Å². The number of rotatable bonds is 2. The highest BCUT2D eigenvalue weighted by molar-refractivity contribution is 5.96. The lowest BCUT2D eigenvalue weighted by Gasteiger charge is -2.03. The molecule has 84 valence electrons. The molecule has 2 heteroatoms. The molecule has 0 aliphatic rings. The van der Waals surface area contributed by atoms with Crippen LogP contribution in [0.2, 0.25) is 0 Å². The lowest BCUT2D eigenvalue weighted by molar-refractivity contribution is 0.660. The first kappa shape index (κ1) is 10.1. The molecule has 0 aliphatic heterocycles. The summed E-state index contributed by atoms with van der Waals surface area (Å²) in [7, 11) is 0. The molecule has 17 heavy (non-hydrogen) atoms. The zero-order chi connectivity index (χ0) is 11.7. The van der Waals surface area contributed by atoms with Crippen LogP contribution in [-0.4, -0.2) is 9.78 Å². The smallest absolute Gasteiger partial charge is 0.0568 e. The van der Waals surface area contributed by atoms with Crippen molar-refractivity contribution in [3.05, 3.63) is 54.9 Å². The second kappa shape index (κ2) is 4.06. The molecule has 0 spiro atoms. The first-order valence-corrected chi connectivity index (χ1v) is 5.89. The van der Waals surface area contributed by atoms with E-state index in [1.807, 2.05) is 10.9 Å². The van der Waals surface area contributed by atoms with Gasteiger partial charge in [-0.15, -0.1) is 0 Å². The molecule has 1 heterocycles. The van der Waals surface area contributed by atoms with Crippen molar-refractivity contribution in [2.24, 2.45) is 0 Å². The quantitative estimate of drug-likeness (QED) is 0.646. The molecule has 3 aromatic rings. The summed E-state index contributed by atoms with van der Waals surface area (Å²) in [4.78, 5) is 0. The fourth-order valence-corrected chi connectivity index (χ4v) is 2.15. The standard InChI is InChI=1S/C15H14N2/c1-2-17-11-13(10-16-17)15-9-5-7-12-6-3-4-8-14(12)15/h3-11H,2H2,1H3. The molecule has 3 rings (SSSR count). The van der Waals surface area contributed by atoms with Gasteiger partial charge in [0.25, 0.3) is 0 Å². The normalized spacial score (nSPS) is 10.9. The first-order chi connectivity index (χ1) is 8.38. The highest BCUT2D eigenvalue weighted by Crippen LogP contribution is 2.27. The molecular formula is C15H14N2. The van der Waals surface area contributed by atoms with Gasteiger partial charge in [0.1, 0.15) is 0 Å². The average molecular weight is 222 g/mol. The maximum Gasteiger partial charge on any atom is 0.0568 e. The van der Waals surface area contributed by atoms with Gasteiger partial charge in [0.2, 0.25) is 0 Å². The van der Waals surface area contributed by atoms with Gasteiger partial charge in [-0.3, -0.25) is 4.68 Å². The van der Waals surface area contributed by atoms with Crippen LogP contribution in [0, 0.1) is 0 Å². The Hall–Kier alpha value is -2.09. The lowest BCUT2D eigenvalue weighted by atomic mass is 10.0. The molecule has 0 saturated heterocycles. The van der Waals surface area contributed by atoms with Crippen LogP contribution in [0.25, 0.3) is 21.9 Å². The van der Waals surface area contributed by atoms with Crippen molar-refractivity contribution in [2.75, 3.05) is 0 Å². The number of hydrogen-bond acceptors (Lipinski definition) is 1. The average Bonchev–Trinajstić information content (AvgIpc) is 2.87. The molecule has 0 radical (unpaired) electrons. The van der Waals surface area contributed by atoms with E-state index in [4.69, 9.17) is 0 Å². The molecule has 0 saturated carbocycles. The summed E-state index contributed by atoms with van der Waals surface area (Å²) in [6.45, 7) is 3.00. The molecule has 0 amide bonds. The third kappa shape index (κ3) is 1.72. The van der Waals surface area contributed by atoms with Crippen LogP contribution in [0.4, 0.5) is 0 Å². The van der Waals surface area contributed by atoms with Crippen LogP contribution in [0.1, 0.15) is 6.92 Å². The van der Waals surface area contributed by atoms with Gasteiger partial charge in [-0.05, 0) is 23.3 Å². The fourth-order valence-electron chi connectivity index (χ4n) is 2.15. The molecule has 2 nitrogen and oxygen atoms in total. The Bertz CT molecular complexity index is 647. The third-order valence-corrected chi connectivity index (χ3v) is 3.06. The molecule has 0 aliphatic carbocycles. The number of benzene rings is 2. The van der Waals surface area contributed by atoms with E-state index in [9.17, 15) is 0 Å². The summed E-state index contributed by atoms with van der Waals surface area (Å²) in [5, 5.41) is 6.89. The number of fused-ring (bicyclic) bond motifs is 1. The van der Waals surface area contributed by atoms with Gasteiger partial charge in [-0.1, -0.05) is 42.5 Å². The number of hydrogen-bond donors (Lipinski definition) is 0. The summed E-state index contributed by atoms with van der Waals surface area (Å²) in [6, 6.07) is 14.8. The number of aromatic nitrogens is 2. The Morgan fingerprint density at radius 3 is 2.71 bits per heavy atom. The van der Waals surface area contributed by atoms with Gasteiger partial charge in [0.15, 0.2) is 0 Å². The highest BCUT2D eigenvalue weighted by atomic mass is 15.3. The number of nitrogens with zero attached hydrogens (tertiary/aromatic N) is 2. The maximum atomic E-state index is 4.33. The predicted octanol–water partition coefficient (Wildman–Crippen LogP) is 3.72. The van der Waals surface area contributed by atoms with Crippen LogP contribution < -0.4 is 0 Å². The van der Waals surface area contributed by atoms with Crippen LogP contribution in [0.5, 0.6) is 0 Å². The minimum Gasteiger partial charge on any atom is -0.272 e. The van der Waals surface area contributed by atoms with Crippen molar-refractivity contribution in [1.29, 1.82) is 0 Å². The van der Waals surface area contributed by atoms with Crippen molar-refractivity contribution in [1.82, 2.24) is 9.78 Å². The monoisotopic (exact) mass is 222 g/mol. The second-order valence-corrected chi connectivity index (χ2v) is 4.11. The third-order valence-electron chi connectivity index (χ3n) is 3.06. The predicted molar refractivity (Wildman–Crippen MR) is 70.8 cm³/mol. The summed E-state index contributed by atoms with van der Waals surface area (Å²) in [6.07, 6.45) is 4.03. The van der Waals surface area contributed by atoms with Crippen LogP contribution in [0.3, 0.4) is 0 Å². The van der Waals surface area contributed by atoms with Gasteiger partial charge >= 0.3 is 0 Å². The van der Waals surface area contributed by atoms with E-state index in [0.717, 1.165) is 6.54 Å². The summed E-state index contributed by atoms with van der Waals surface area (Å²) in [5.41, 5.74) is 2.44. The minimum atomic E-state index is 0.908. The van der Waals surface area contributed by atoms with Crippen molar-refractivity contribution in [3.63, 3.8) is 0 Å². The largest absolute Gasteiger partial charge is 0.272 e. The molecule has 0 atom stereocenters. The van der Waals surface area contributed by atoms with Crippen LogP contribution in [0.15, 0.2) is 54.9 Å². The van der Waals surface area contributed by atoms with E-state index in [1.54, 1.807) is 0 Å². The van der Waals surface area contributed by atoms with Gasteiger partial charge in [0, 0.05) is 18.3 Å². The Kier molecular flexibility index (Phi) is 2.41. The number of aryl methyl sites for hydroxylation is 1. The Morgan fingerprint density at radius 1 is 1.06 bits per heavy atom. The van der Waals surface area contributed by atoms with Crippen LogP contribution in [-0.2, 0) is 6.54 Å². The van der Waals surface area contributed by atoms with E-state index in [1.165, 1.54) is 21.9 Å². The summed E-state index contributed by atoms with van der Waals surface area (Å²) in [5.74, 6) is 0. The molecular weight excluding hydrogens is 208 g/mol. The summed E-state index contributed by atoms with van der Waals surface area (Å²) < 4.78 is 1.96. The molecule has 0 unspecified atom stereocenters. The van der Waals surface area contributed by atoms with Crippen molar-refractivity contribution in [3.8, 4) is 11.1 Å². The van der Waals surface area contributed by atoms with Gasteiger partial charge in [-0.25, -0.2) is 0 Å². The lowest BCUT2D eigenvalue weighted by Crippen LogP contribution is -1.91. The van der Waals surface area contributed by atoms with Gasteiger partial charge < -0.3 is 0 Å². The Balaban J connectivity index is 2.23. The molecule has 0 fully saturated rings. The zero-order valence-corrected chi connectivity index (χ0v) is 9.80. The van der Waals surface area contributed by atoms with Gasteiger partial charge in [-0.2, -0.15) is 5.10 Å². The van der Waals surface area contributed by atoms with E-state index >= 15 is 0 Å². The van der Waals surface area contributed by atoms with E-state index < -0.39 is 0 Å². The fraction of sp³-hybridized carbons (Fsp3) is 0.133. The molecule has 1 aromatic heterocycles. The van der Waals surface area contributed by atoms with Crippen molar-refractivity contribution < 1.29 is 0 Å². The Morgan fingerprint density at radius 2 is 1.88 bits per heavy atom. The highest BCUT2D eigenvalue weighted by Gasteiger charge is 2.04. The van der Waals surface area contributed by atoms with Gasteiger partial charge in [0.05, 0.1) is 6.20 Å². The molecule has 0 N–H and O–H groups in total. The van der Waals surface area contributed by atoms with Crippen LogP contribution >= 0.6 is 0 Å². The van der Waals surface area contributed by atoms with E-state index in [2.05, 4.69) is 60.7 Å². The Labute approximate surface area is 101 Å². The molecule has 0 bridgehead atoms. The molecule has 2 aromatic carbocycles. The van der Waals surface area contributed by atoms with E-state index in [0.29, 0.717) is 0 Å². The zero-order valence-electron chi connectivity index (χ0n) is 9.80.